The van der Waals surface area contributed by atoms with Crippen LogP contribution < -0.4 is 15.0 Å². The number of fused-ring (bicyclic) bond motifs is 1. The number of carbonyl (C=O) groups is 1. The normalized spacial score (nSPS) is 14.5. The van der Waals surface area contributed by atoms with Crippen molar-refractivity contribution in [1.82, 2.24) is 4.98 Å². The first kappa shape index (κ1) is 19.9. The molecule has 1 N–H and O–H groups in total. The molecule has 1 fully saturated rings. The molecule has 2 heterocycles. The SMILES string of the molecule is COc1ccc(Br)cc1/C=C/C(=O)Nc1nc2ccc(N3CCOCC3)cc2s1. The molecule has 0 radical (unpaired) electrons. The summed E-state index contributed by atoms with van der Waals surface area (Å²) in [6.07, 6.45) is 3.21. The lowest BCUT2D eigenvalue weighted by Gasteiger charge is -2.28. The van der Waals surface area contributed by atoms with Crippen molar-refractivity contribution in [1.29, 1.82) is 0 Å². The number of aromatic nitrogens is 1. The van der Waals surface area contributed by atoms with Crippen molar-refractivity contribution in [2.45, 2.75) is 0 Å². The summed E-state index contributed by atoms with van der Waals surface area (Å²) in [4.78, 5) is 19.2. The zero-order chi connectivity index (χ0) is 20.2. The second-order valence-corrected chi connectivity index (χ2v) is 8.43. The first-order valence-corrected chi connectivity index (χ1v) is 10.8. The fourth-order valence-corrected chi connectivity index (χ4v) is 4.41. The third-order valence-corrected chi connectivity index (χ3v) is 6.01. The molecule has 6 nitrogen and oxygen atoms in total. The maximum atomic E-state index is 12.4. The number of hydrogen-bond donors (Lipinski definition) is 1. The summed E-state index contributed by atoms with van der Waals surface area (Å²) in [6.45, 7) is 3.27. The van der Waals surface area contributed by atoms with Gasteiger partial charge in [-0.15, -0.1) is 0 Å². The number of morpholine rings is 1. The van der Waals surface area contributed by atoms with Crippen molar-refractivity contribution in [2.24, 2.45) is 0 Å². The average molecular weight is 474 g/mol. The molecule has 0 aliphatic carbocycles. The molecular weight excluding hydrogens is 454 g/mol. The topological polar surface area (TPSA) is 63.7 Å². The molecule has 0 bridgehead atoms. The van der Waals surface area contributed by atoms with Crippen LogP contribution in [-0.2, 0) is 9.53 Å². The van der Waals surface area contributed by atoms with Crippen LogP contribution in [0, 0.1) is 0 Å². The summed E-state index contributed by atoms with van der Waals surface area (Å²) in [5.41, 5.74) is 2.85. The Balaban J connectivity index is 1.47. The van der Waals surface area contributed by atoms with Crippen LogP contribution in [0.25, 0.3) is 16.3 Å². The molecule has 4 rings (SSSR count). The van der Waals surface area contributed by atoms with Crippen molar-refractivity contribution in [3.63, 3.8) is 0 Å². The number of hydrogen-bond acceptors (Lipinski definition) is 6. The Labute approximate surface area is 181 Å². The molecule has 1 amide bonds. The van der Waals surface area contributed by atoms with Gasteiger partial charge in [0.1, 0.15) is 5.75 Å². The first-order valence-electron chi connectivity index (χ1n) is 9.18. The Bertz CT molecular complexity index is 1060. The fraction of sp³-hybridized carbons (Fsp3) is 0.238. The van der Waals surface area contributed by atoms with Crippen molar-refractivity contribution in [3.05, 3.63) is 52.5 Å². The lowest BCUT2D eigenvalue weighted by molar-refractivity contribution is -0.111. The molecule has 0 spiro atoms. The number of thiazole rings is 1. The summed E-state index contributed by atoms with van der Waals surface area (Å²) >= 11 is 4.90. The van der Waals surface area contributed by atoms with Crippen molar-refractivity contribution in [2.75, 3.05) is 43.6 Å². The van der Waals surface area contributed by atoms with Crippen molar-refractivity contribution >= 4 is 60.3 Å². The van der Waals surface area contributed by atoms with Gasteiger partial charge in [0.15, 0.2) is 5.13 Å². The summed E-state index contributed by atoms with van der Waals surface area (Å²) in [7, 11) is 1.60. The maximum absolute atomic E-state index is 12.4. The van der Waals surface area contributed by atoms with Gasteiger partial charge in [0.25, 0.3) is 0 Å². The van der Waals surface area contributed by atoms with Gasteiger partial charge in [-0.05, 0) is 42.5 Å². The third kappa shape index (κ3) is 4.77. The third-order valence-electron chi connectivity index (χ3n) is 4.58. The van der Waals surface area contributed by atoms with E-state index < -0.39 is 0 Å². The molecule has 3 aromatic rings. The Hall–Kier alpha value is -2.42. The molecule has 1 aliphatic rings. The van der Waals surface area contributed by atoms with Gasteiger partial charge in [-0.1, -0.05) is 27.3 Å². The molecule has 0 saturated carbocycles. The molecule has 1 aliphatic heterocycles. The summed E-state index contributed by atoms with van der Waals surface area (Å²) < 4.78 is 12.7. The second-order valence-electron chi connectivity index (χ2n) is 6.48. The van der Waals surface area contributed by atoms with Gasteiger partial charge in [0.05, 0.1) is 30.5 Å². The Morgan fingerprint density at radius 1 is 1.28 bits per heavy atom. The van der Waals surface area contributed by atoms with Crippen LogP contribution in [0.2, 0.25) is 0 Å². The smallest absolute Gasteiger partial charge is 0.250 e. The van der Waals surface area contributed by atoms with E-state index in [0.717, 1.165) is 52.2 Å². The van der Waals surface area contributed by atoms with Crippen molar-refractivity contribution in [3.8, 4) is 5.75 Å². The minimum atomic E-state index is -0.237. The van der Waals surface area contributed by atoms with E-state index in [1.54, 1.807) is 13.2 Å². The van der Waals surface area contributed by atoms with Gasteiger partial charge < -0.3 is 14.4 Å². The molecule has 29 heavy (non-hydrogen) atoms. The van der Waals surface area contributed by atoms with Gasteiger partial charge in [0.2, 0.25) is 5.91 Å². The predicted molar refractivity (Wildman–Crippen MR) is 121 cm³/mol. The van der Waals surface area contributed by atoms with E-state index in [2.05, 4.69) is 43.3 Å². The van der Waals surface area contributed by atoms with Crippen molar-refractivity contribution < 1.29 is 14.3 Å². The number of benzene rings is 2. The molecule has 1 saturated heterocycles. The van der Waals surface area contributed by atoms with Gasteiger partial charge >= 0.3 is 0 Å². The number of amides is 1. The van der Waals surface area contributed by atoms with E-state index in [9.17, 15) is 4.79 Å². The Morgan fingerprint density at radius 2 is 2.10 bits per heavy atom. The number of rotatable bonds is 5. The molecule has 8 heteroatoms. The highest BCUT2D eigenvalue weighted by Gasteiger charge is 2.13. The van der Waals surface area contributed by atoms with E-state index in [1.807, 2.05) is 24.3 Å². The van der Waals surface area contributed by atoms with Gasteiger partial charge in [-0.2, -0.15) is 0 Å². The van der Waals surface area contributed by atoms with E-state index in [-0.39, 0.29) is 5.91 Å². The fourth-order valence-electron chi connectivity index (χ4n) is 3.13. The Morgan fingerprint density at radius 3 is 2.90 bits per heavy atom. The average Bonchev–Trinajstić information content (AvgIpc) is 3.14. The van der Waals surface area contributed by atoms with Gasteiger partial charge in [-0.25, -0.2) is 4.98 Å². The lowest BCUT2D eigenvalue weighted by Crippen LogP contribution is -2.36. The van der Waals surface area contributed by atoms with Crippen LogP contribution >= 0.6 is 27.3 Å². The largest absolute Gasteiger partial charge is 0.496 e. The number of nitrogens with one attached hydrogen (secondary N) is 1. The highest BCUT2D eigenvalue weighted by molar-refractivity contribution is 9.10. The Kier molecular flexibility index (Phi) is 6.13. The summed E-state index contributed by atoms with van der Waals surface area (Å²) in [5, 5.41) is 3.43. The van der Waals surface area contributed by atoms with E-state index in [0.29, 0.717) is 10.9 Å². The zero-order valence-electron chi connectivity index (χ0n) is 15.9. The van der Waals surface area contributed by atoms with Crippen LogP contribution in [0.3, 0.4) is 0 Å². The van der Waals surface area contributed by atoms with E-state index in [1.165, 1.54) is 17.4 Å². The van der Waals surface area contributed by atoms with Gasteiger partial charge in [0, 0.05) is 34.9 Å². The zero-order valence-corrected chi connectivity index (χ0v) is 18.3. The number of halogens is 1. The first-order chi connectivity index (χ1) is 14.1. The molecular formula is C21H20BrN3O3S. The quantitative estimate of drug-likeness (QED) is 0.550. The van der Waals surface area contributed by atoms with E-state index >= 15 is 0 Å². The number of nitrogens with zero attached hydrogens (tertiary/aromatic N) is 2. The molecule has 0 unspecified atom stereocenters. The monoisotopic (exact) mass is 473 g/mol. The molecule has 1 aromatic heterocycles. The number of carbonyl (C=O) groups excluding carboxylic acids is 1. The lowest BCUT2D eigenvalue weighted by atomic mass is 10.2. The number of anilines is 2. The molecule has 150 valence electrons. The van der Waals surface area contributed by atoms with Crippen LogP contribution in [0.5, 0.6) is 5.75 Å². The second kappa shape index (κ2) is 8.94. The minimum Gasteiger partial charge on any atom is -0.496 e. The van der Waals surface area contributed by atoms with Crippen LogP contribution in [0.1, 0.15) is 5.56 Å². The molecule has 2 aromatic carbocycles. The van der Waals surface area contributed by atoms with Crippen LogP contribution in [-0.4, -0.2) is 44.3 Å². The van der Waals surface area contributed by atoms with Gasteiger partial charge in [-0.3, -0.25) is 10.1 Å². The number of ether oxygens (including phenoxy) is 2. The highest BCUT2D eigenvalue weighted by Crippen LogP contribution is 2.30. The van der Waals surface area contributed by atoms with E-state index in [4.69, 9.17) is 9.47 Å². The van der Waals surface area contributed by atoms with Crippen LogP contribution in [0.15, 0.2) is 46.9 Å². The minimum absolute atomic E-state index is 0.237. The predicted octanol–water partition coefficient (Wildman–Crippen LogP) is 4.56. The maximum Gasteiger partial charge on any atom is 0.250 e. The standard InChI is InChI=1S/C21H20BrN3O3S/c1-27-18-6-3-15(22)12-14(18)2-7-20(26)24-21-23-17-5-4-16(13-19(17)29-21)25-8-10-28-11-9-25/h2-7,12-13H,8-11H2,1H3,(H,23,24,26)/b7-2+. The summed E-state index contributed by atoms with van der Waals surface area (Å²) in [6, 6.07) is 11.8. The highest BCUT2D eigenvalue weighted by atomic mass is 79.9. The molecule has 0 atom stereocenters. The summed E-state index contributed by atoms with van der Waals surface area (Å²) in [5.74, 6) is 0.465. The van der Waals surface area contributed by atoms with Crippen LogP contribution in [0.4, 0.5) is 10.8 Å². The number of methoxy groups -OCH3 is 1.